The predicted octanol–water partition coefficient (Wildman–Crippen LogP) is 2.98. The Morgan fingerprint density at radius 2 is 1.89 bits per heavy atom. The van der Waals surface area contributed by atoms with Crippen LogP contribution in [-0.4, -0.2) is 12.3 Å². The molecule has 18 heavy (non-hydrogen) atoms. The second-order valence-corrected chi connectivity index (χ2v) is 4.56. The van der Waals surface area contributed by atoms with Gasteiger partial charge in [-0.25, -0.2) is 8.78 Å². The van der Waals surface area contributed by atoms with E-state index in [4.69, 9.17) is 0 Å². The molecule has 0 saturated carbocycles. The summed E-state index contributed by atoms with van der Waals surface area (Å²) in [5, 5.41) is 2.91. The smallest absolute Gasteiger partial charge is 0.149 e. The van der Waals surface area contributed by atoms with E-state index in [-0.39, 0.29) is 30.4 Å². The molecule has 1 aromatic rings. The lowest BCUT2D eigenvalue weighted by molar-refractivity contribution is -0.121. The molecule has 100 valence electrons. The van der Waals surface area contributed by atoms with Crippen molar-refractivity contribution in [2.45, 2.75) is 33.7 Å². The van der Waals surface area contributed by atoms with Crippen LogP contribution in [0, 0.1) is 24.5 Å². The first-order chi connectivity index (χ1) is 8.45. The fraction of sp³-hybridized carbons (Fsp3) is 0.500. The molecular weight excluding hydrogens is 236 g/mol. The molecule has 4 heteroatoms. The number of hydrogen-bond acceptors (Lipinski definition) is 2. The monoisotopic (exact) mass is 255 g/mol. The molecule has 0 aliphatic rings. The molecular formula is C14H19F2NO. The highest BCUT2D eigenvalue weighted by Crippen LogP contribution is 2.14. The third-order valence-corrected chi connectivity index (χ3v) is 3.13. The number of hydrogen-bond donors (Lipinski definition) is 1. The zero-order valence-electron chi connectivity index (χ0n) is 11.0. The van der Waals surface area contributed by atoms with Crippen LogP contribution in [0.25, 0.3) is 0 Å². The molecule has 0 saturated heterocycles. The van der Waals surface area contributed by atoms with Gasteiger partial charge in [-0.3, -0.25) is 4.79 Å². The van der Waals surface area contributed by atoms with Gasteiger partial charge in [0.05, 0.1) is 6.54 Å². The first-order valence-corrected chi connectivity index (χ1v) is 6.13. The quantitative estimate of drug-likeness (QED) is 0.846. The van der Waals surface area contributed by atoms with Crippen molar-refractivity contribution in [3.05, 3.63) is 34.9 Å². The molecule has 0 heterocycles. The number of carbonyl (C=O) groups is 1. The van der Waals surface area contributed by atoms with Gasteiger partial charge in [-0.15, -0.1) is 0 Å². The summed E-state index contributed by atoms with van der Waals surface area (Å²) in [5.41, 5.74) is 0.530. The van der Waals surface area contributed by atoms with Crippen molar-refractivity contribution < 1.29 is 13.6 Å². The lowest BCUT2D eigenvalue weighted by Crippen LogP contribution is -2.26. The Morgan fingerprint density at radius 3 is 2.39 bits per heavy atom. The van der Waals surface area contributed by atoms with Crippen molar-refractivity contribution in [2.24, 2.45) is 5.92 Å². The average Bonchev–Trinajstić information content (AvgIpc) is 2.34. The van der Waals surface area contributed by atoms with Gasteiger partial charge in [0, 0.05) is 18.0 Å². The molecule has 1 aromatic carbocycles. The van der Waals surface area contributed by atoms with Gasteiger partial charge in [0.25, 0.3) is 0 Å². The minimum absolute atomic E-state index is 0.0176. The average molecular weight is 255 g/mol. The number of Topliss-reactive ketones (excluding diaryl/α,β-unsaturated/α-hetero) is 1. The Bertz CT molecular complexity index is 409. The van der Waals surface area contributed by atoms with E-state index in [1.165, 1.54) is 19.1 Å². The number of carbonyl (C=O) groups excluding carboxylic acids is 1. The van der Waals surface area contributed by atoms with E-state index in [1.807, 2.05) is 13.8 Å². The van der Waals surface area contributed by atoms with Crippen molar-refractivity contribution in [1.82, 2.24) is 5.32 Å². The summed E-state index contributed by atoms with van der Waals surface area (Å²) in [6.45, 7) is 5.74. The van der Waals surface area contributed by atoms with E-state index >= 15 is 0 Å². The van der Waals surface area contributed by atoms with Crippen LogP contribution in [0.15, 0.2) is 12.1 Å². The van der Waals surface area contributed by atoms with Crippen LogP contribution in [-0.2, 0) is 11.3 Å². The van der Waals surface area contributed by atoms with Gasteiger partial charge in [-0.1, -0.05) is 13.8 Å². The molecule has 1 rings (SSSR count). The molecule has 0 aliphatic heterocycles. The van der Waals surface area contributed by atoms with E-state index in [2.05, 4.69) is 5.32 Å². The SMILES string of the molecule is CCC(C)C(=O)CNCc1cc(F)c(C)c(F)c1. The Labute approximate surface area is 106 Å². The largest absolute Gasteiger partial charge is 0.306 e. The van der Waals surface area contributed by atoms with E-state index in [0.29, 0.717) is 5.56 Å². The third kappa shape index (κ3) is 3.88. The summed E-state index contributed by atoms with van der Waals surface area (Å²) in [6, 6.07) is 2.58. The maximum absolute atomic E-state index is 13.3. The van der Waals surface area contributed by atoms with Gasteiger partial charge in [0.15, 0.2) is 0 Å². The highest BCUT2D eigenvalue weighted by molar-refractivity contribution is 5.82. The van der Waals surface area contributed by atoms with E-state index in [0.717, 1.165) is 6.42 Å². The van der Waals surface area contributed by atoms with Crippen LogP contribution in [0.2, 0.25) is 0 Å². The summed E-state index contributed by atoms with van der Waals surface area (Å²) in [6.07, 6.45) is 0.800. The van der Waals surface area contributed by atoms with Crippen molar-refractivity contribution >= 4 is 5.78 Å². The van der Waals surface area contributed by atoms with Gasteiger partial charge in [-0.05, 0) is 31.0 Å². The standard InChI is InChI=1S/C14H19F2NO/c1-4-9(2)14(18)8-17-7-11-5-12(15)10(3)13(16)6-11/h5-6,9,17H,4,7-8H2,1-3H3. The molecule has 0 fully saturated rings. The highest BCUT2D eigenvalue weighted by Gasteiger charge is 2.10. The molecule has 0 aliphatic carbocycles. The second-order valence-electron chi connectivity index (χ2n) is 4.56. The van der Waals surface area contributed by atoms with Crippen LogP contribution in [0.4, 0.5) is 8.78 Å². The molecule has 0 radical (unpaired) electrons. The maximum atomic E-state index is 13.3. The zero-order chi connectivity index (χ0) is 13.7. The minimum Gasteiger partial charge on any atom is -0.306 e. The molecule has 1 unspecified atom stereocenters. The fourth-order valence-electron chi connectivity index (χ4n) is 1.53. The summed E-state index contributed by atoms with van der Waals surface area (Å²) in [4.78, 5) is 11.5. The first kappa shape index (κ1) is 14.8. The van der Waals surface area contributed by atoms with E-state index in [9.17, 15) is 13.6 Å². The molecule has 2 nitrogen and oxygen atoms in total. The Hall–Kier alpha value is -1.29. The Balaban J connectivity index is 2.52. The molecule has 0 aromatic heterocycles. The van der Waals surface area contributed by atoms with Gasteiger partial charge in [0.1, 0.15) is 17.4 Å². The van der Waals surface area contributed by atoms with Crippen LogP contribution < -0.4 is 5.32 Å². The zero-order valence-corrected chi connectivity index (χ0v) is 11.0. The van der Waals surface area contributed by atoms with Crippen LogP contribution in [0.1, 0.15) is 31.4 Å². The molecule has 0 amide bonds. The predicted molar refractivity (Wildman–Crippen MR) is 67.3 cm³/mol. The van der Waals surface area contributed by atoms with Crippen molar-refractivity contribution in [3.8, 4) is 0 Å². The summed E-state index contributed by atoms with van der Waals surface area (Å²) in [5.74, 6) is -0.977. The summed E-state index contributed by atoms with van der Waals surface area (Å²) in [7, 11) is 0. The fourth-order valence-corrected chi connectivity index (χ4v) is 1.53. The topological polar surface area (TPSA) is 29.1 Å². The number of benzene rings is 1. The van der Waals surface area contributed by atoms with Gasteiger partial charge < -0.3 is 5.32 Å². The Kier molecular flexibility index (Phi) is 5.41. The Morgan fingerprint density at radius 1 is 1.33 bits per heavy atom. The maximum Gasteiger partial charge on any atom is 0.149 e. The minimum atomic E-state index is -0.556. The lowest BCUT2D eigenvalue weighted by Gasteiger charge is -2.09. The summed E-state index contributed by atoms with van der Waals surface area (Å²) >= 11 is 0. The van der Waals surface area contributed by atoms with Crippen LogP contribution >= 0.6 is 0 Å². The molecule has 0 spiro atoms. The van der Waals surface area contributed by atoms with Crippen molar-refractivity contribution in [3.63, 3.8) is 0 Å². The number of halogens is 2. The molecule has 1 N–H and O–H groups in total. The number of ketones is 1. The van der Waals surface area contributed by atoms with Gasteiger partial charge in [-0.2, -0.15) is 0 Å². The molecule has 1 atom stereocenters. The lowest BCUT2D eigenvalue weighted by atomic mass is 10.0. The number of nitrogens with one attached hydrogen (secondary N) is 1. The van der Waals surface area contributed by atoms with Crippen LogP contribution in [0.5, 0.6) is 0 Å². The first-order valence-electron chi connectivity index (χ1n) is 6.13. The van der Waals surface area contributed by atoms with E-state index < -0.39 is 11.6 Å². The van der Waals surface area contributed by atoms with Gasteiger partial charge in [0.2, 0.25) is 0 Å². The normalized spacial score (nSPS) is 12.5. The summed E-state index contributed by atoms with van der Waals surface area (Å²) < 4.78 is 26.5. The van der Waals surface area contributed by atoms with Crippen molar-refractivity contribution in [1.29, 1.82) is 0 Å². The third-order valence-electron chi connectivity index (χ3n) is 3.13. The second kappa shape index (κ2) is 6.59. The van der Waals surface area contributed by atoms with Gasteiger partial charge >= 0.3 is 0 Å². The van der Waals surface area contributed by atoms with Crippen molar-refractivity contribution in [2.75, 3.05) is 6.54 Å². The molecule has 0 bridgehead atoms. The number of rotatable bonds is 6. The van der Waals surface area contributed by atoms with E-state index in [1.54, 1.807) is 0 Å². The highest BCUT2D eigenvalue weighted by atomic mass is 19.1. The van der Waals surface area contributed by atoms with Crippen LogP contribution in [0.3, 0.4) is 0 Å².